The summed E-state index contributed by atoms with van der Waals surface area (Å²) >= 11 is 0. The molecule has 0 saturated heterocycles. The number of nitrogens with two attached hydrogens (primary N) is 1. The molecule has 23 heavy (non-hydrogen) atoms. The topological polar surface area (TPSA) is 60.9 Å². The van der Waals surface area contributed by atoms with Crippen molar-refractivity contribution in [1.29, 1.82) is 0 Å². The molecule has 0 saturated carbocycles. The van der Waals surface area contributed by atoms with Gasteiger partial charge < -0.3 is 5.73 Å². The molecule has 0 aliphatic carbocycles. The fourth-order valence-corrected chi connectivity index (χ4v) is 2.62. The molecule has 0 fully saturated rings. The zero-order chi connectivity index (χ0) is 17.1. The number of aryl methyl sites for hydroxylation is 2. The Morgan fingerprint density at radius 3 is 2.61 bits per heavy atom. The number of unbranched alkanes of at least 4 members (excludes halogenated alkanes) is 5. The first-order chi connectivity index (χ1) is 11.3. The summed E-state index contributed by atoms with van der Waals surface area (Å²) in [4.78, 5) is 10.9. The summed E-state index contributed by atoms with van der Waals surface area (Å²) in [5.41, 5.74) is 7.29. The number of aromatic nitrogens is 2. The van der Waals surface area contributed by atoms with Crippen LogP contribution in [0.3, 0.4) is 0 Å². The Morgan fingerprint density at radius 2 is 1.91 bits per heavy atom. The fraction of sp³-hybridized carbons (Fsp3) is 0.474. The molecule has 4 nitrogen and oxygen atoms in total. The van der Waals surface area contributed by atoms with E-state index in [9.17, 15) is 4.79 Å². The van der Waals surface area contributed by atoms with E-state index in [0.717, 1.165) is 48.7 Å². The van der Waals surface area contributed by atoms with Gasteiger partial charge in [0.05, 0.1) is 11.2 Å². The van der Waals surface area contributed by atoms with Crippen molar-refractivity contribution in [3.8, 4) is 12.3 Å². The zero-order valence-electron chi connectivity index (χ0n) is 14.2. The number of carbonyl (C=O) groups excluding carboxylic acids is 1. The maximum atomic E-state index is 10.9. The Kier molecular flexibility index (Phi) is 8.71. The number of benzene rings is 1. The second kappa shape index (κ2) is 10.6. The lowest BCUT2D eigenvalue weighted by Gasteiger charge is -2.04. The standard InChI is InChI=1S/C18H22N2O.CH5N/c1-3-4-5-6-7-8-9-12-20-18-13-16(14-21)10-11-17(18)15(2)19-20;1-2/h1,10-11,13-14H,4-9,12H2,2H3;2H2,1H3. The minimum Gasteiger partial charge on any atom is -0.333 e. The van der Waals surface area contributed by atoms with Gasteiger partial charge in [-0.1, -0.05) is 31.4 Å². The minimum absolute atomic E-state index is 0.706. The number of nitrogens with zero attached hydrogens (tertiary/aromatic N) is 2. The molecule has 2 rings (SSSR count). The molecule has 4 heteroatoms. The molecule has 0 radical (unpaired) electrons. The van der Waals surface area contributed by atoms with Gasteiger partial charge in [-0.25, -0.2) is 0 Å². The van der Waals surface area contributed by atoms with E-state index < -0.39 is 0 Å². The van der Waals surface area contributed by atoms with Gasteiger partial charge in [-0.3, -0.25) is 9.48 Å². The molecular formula is C19H27N3O. The second-order valence-corrected chi connectivity index (χ2v) is 5.42. The molecule has 2 N–H and O–H groups in total. The van der Waals surface area contributed by atoms with E-state index in [1.807, 2.05) is 29.8 Å². The molecule has 1 aromatic carbocycles. The number of fused-ring (bicyclic) bond motifs is 1. The number of hydrogen-bond donors (Lipinski definition) is 1. The van der Waals surface area contributed by atoms with Crippen molar-refractivity contribution >= 4 is 17.2 Å². The van der Waals surface area contributed by atoms with Crippen LogP contribution in [0.4, 0.5) is 0 Å². The number of terminal acetylenes is 1. The van der Waals surface area contributed by atoms with Gasteiger partial charge in [-0.05, 0) is 32.9 Å². The number of aldehydes is 1. The number of carbonyl (C=O) groups is 1. The van der Waals surface area contributed by atoms with Crippen LogP contribution in [-0.4, -0.2) is 23.1 Å². The highest BCUT2D eigenvalue weighted by Crippen LogP contribution is 2.20. The molecular weight excluding hydrogens is 286 g/mol. The lowest BCUT2D eigenvalue weighted by molar-refractivity contribution is 0.112. The minimum atomic E-state index is 0.706. The predicted octanol–water partition coefficient (Wildman–Crippen LogP) is 3.71. The van der Waals surface area contributed by atoms with Crippen LogP contribution in [-0.2, 0) is 6.54 Å². The van der Waals surface area contributed by atoms with Gasteiger partial charge in [-0.2, -0.15) is 5.10 Å². The van der Waals surface area contributed by atoms with Crippen LogP contribution in [0.5, 0.6) is 0 Å². The van der Waals surface area contributed by atoms with Gasteiger partial charge in [-0.15, -0.1) is 12.3 Å². The summed E-state index contributed by atoms with van der Waals surface area (Å²) in [6, 6.07) is 5.76. The van der Waals surface area contributed by atoms with Gasteiger partial charge in [0.2, 0.25) is 0 Å². The first kappa shape index (κ1) is 18.9. The van der Waals surface area contributed by atoms with Crippen LogP contribution in [0.2, 0.25) is 0 Å². The molecule has 2 aromatic rings. The maximum absolute atomic E-state index is 10.9. The molecule has 1 heterocycles. The summed E-state index contributed by atoms with van der Waals surface area (Å²) in [6.07, 6.45) is 12.9. The molecule has 0 spiro atoms. The van der Waals surface area contributed by atoms with Gasteiger partial charge in [0.25, 0.3) is 0 Å². The molecule has 1 aromatic heterocycles. The van der Waals surface area contributed by atoms with Crippen LogP contribution in [0.1, 0.15) is 54.6 Å². The van der Waals surface area contributed by atoms with E-state index in [0.29, 0.717) is 5.56 Å². The fourth-order valence-electron chi connectivity index (χ4n) is 2.62. The van der Waals surface area contributed by atoms with E-state index in [1.165, 1.54) is 26.3 Å². The van der Waals surface area contributed by atoms with Crippen molar-refractivity contribution in [2.75, 3.05) is 7.05 Å². The Hall–Kier alpha value is -2.12. The van der Waals surface area contributed by atoms with Crippen molar-refractivity contribution in [3.63, 3.8) is 0 Å². The highest BCUT2D eigenvalue weighted by atomic mass is 16.1. The molecule has 0 aliphatic rings. The molecule has 0 bridgehead atoms. The van der Waals surface area contributed by atoms with Crippen molar-refractivity contribution < 1.29 is 4.79 Å². The molecule has 0 unspecified atom stereocenters. The third-order valence-electron chi connectivity index (χ3n) is 3.79. The van der Waals surface area contributed by atoms with Crippen molar-refractivity contribution in [2.24, 2.45) is 5.73 Å². The number of rotatable bonds is 8. The third kappa shape index (κ3) is 5.54. The largest absolute Gasteiger partial charge is 0.333 e. The summed E-state index contributed by atoms with van der Waals surface area (Å²) in [5, 5.41) is 5.72. The van der Waals surface area contributed by atoms with E-state index in [4.69, 9.17) is 6.42 Å². The first-order valence-electron chi connectivity index (χ1n) is 8.20. The van der Waals surface area contributed by atoms with Crippen LogP contribution in [0, 0.1) is 19.3 Å². The molecule has 0 atom stereocenters. The number of hydrogen-bond acceptors (Lipinski definition) is 3. The normalized spacial score (nSPS) is 10.0. The molecule has 124 valence electrons. The Morgan fingerprint density at radius 1 is 1.22 bits per heavy atom. The Balaban J connectivity index is 0.00000127. The highest BCUT2D eigenvalue weighted by Gasteiger charge is 2.07. The van der Waals surface area contributed by atoms with Crippen LogP contribution < -0.4 is 5.73 Å². The maximum Gasteiger partial charge on any atom is 0.150 e. The highest BCUT2D eigenvalue weighted by molar-refractivity contribution is 5.88. The van der Waals surface area contributed by atoms with Crippen molar-refractivity contribution in [2.45, 2.75) is 52.0 Å². The van der Waals surface area contributed by atoms with E-state index in [1.54, 1.807) is 0 Å². The zero-order valence-corrected chi connectivity index (χ0v) is 14.2. The summed E-state index contributed by atoms with van der Waals surface area (Å²) in [6.45, 7) is 2.92. The third-order valence-corrected chi connectivity index (χ3v) is 3.79. The van der Waals surface area contributed by atoms with E-state index in [2.05, 4.69) is 16.8 Å². The second-order valence-electron chi connectivity index (χ2n) is 5.42. The average molecular weight is 313 g/mol. The van der Waals surface area contributed by atoms with E-state index >= 15 is 0 Å². The van der Waals surface area contributed by atoms with Crippen LogP contribution in [0.25, 0.3) is 10.9 Å². The van der Waals surface area contributed by atoms with Crippen molar-refractivity contribution in [1.82, 2.24) is 9.78 Å². The van der Waals surface area contributed by atoms with Crippen molar-refractivity contribution in [3.05, 3.63) is 29.5 Å². The van der Waals surface area contributed by atoms with Gasteiger partial charge >= 0.3 is 0 Å². The Bertz CT molecular complexity index is 652. The van der Waals surface area contributed by atoms with Gasteiger partial charge in [0, 0.05) is 23.9 Å². The first-order valence-corrected chi connectivity index (χ1v) is 8.20. The lowest BCUT2D eigenvalue weighted by Crippen LogP contribution is -2.00. The van der Waals surface area contributed by atoms with Crippen LogP contribution >= 0.6 is 0 Å². The lowest BCUT2D eigenvalue weighted by atomic mass is 10.1. The predicted molar refractivity (Wildman–Crippen MR) is 96.5 cm³/mol. The van der Waals surface area contributed by atoms with Gasteiger partial charge in [0.15, 0.2) is 0 Å². The monoisotopic (exact) mass is 313 g/mol. The Labute approximate surface area is 139 Å². The molecule has 0 amide bonds. The van der Waals surface area contributed by atoms with Gasteiger partial charge in [0.1, 0.15) is 6.29 Å². The smallest absolute Gasteiger partial charge is 0.150 e. The quantitative estimate of drug-likeness (QED) is 0.459. The van der Waals surface area contributed by atoms with Crippen LogP contribution in [0.15, 0.2) is 18.2 Å². The summed E-state index contributed by atoms with van der Waals surface area (Å²) in [5.74, 6) is 2.68. The average Bonchev–Trinajstić information content (AvgIpc) is 2.91. The SMILES string of the molecule is C#CCCCCCCCn1nc(C)c2ccc(C=O)cc21.CN. The summed E-state index contributed by atoms with van der Waals surface area (Å²) < 4.78 is 2.03. The summed E-state index contributed by atoms with van der Waals surface area (Å²) in [7, 11) is 1.50. The van der Waals surface area contributed by atoms with E-state index in [-0.39, 0.29) is 0 Å². The molecule has 0 aliphatic heterocycles.